The van der Waals surface area contributed by atoms with E-state index in [1.54, 1.807) is 13.2 Å². The summed E-state index contributed by atoms with van der Waals surface area (Å²) in [5.74, 6) is -0.462. The van der Waals surface area contributed by atoms with Crippen LogP contribution >= 0.6 is 0 Å². The lowest BCUT2D eigenvalue weighted by molar-refractivity contribution is 0.0695. The van der Waals surface area contributed by atoms with Gasteiger partial charge in [0.15, 0.2) is 0 Å². The number of carboxylic acids is 1. The third kappa shape index (κ3) is 2.42. The zero-order valence-corrected chi connectivity index (χ0v) is 11.5. The fourth-order valence-electron chi connectivity index (χ4n) is 2.10. The molecule has 0 saturated heterocycles. The molecule has 5 nitrogen and oxygen atoms in total. The van der Waals surface area contributed by atoms with Gasteiger partial charge in [0.05, 0.1) is 7.11 Å². The number of carboxylic acid groups (broad SMARTS) is 1. The normalized spacial score (nSPS) is 10.3. The molecule has 2 rings (SSSR count). The highest BCUT2D eigenvalue weighted by molar-refractivity contribution is 5.87. The molecular formula is C15H15NO4. The Bertz CT molecular complexity index is 731. The molecule has 0 unspecified atom stereocenters. The molecule has 0 saturated carbocycles. The molecule has 1 aromatic carbocycles. The second-order valence-electron chi connectivity index (χ2n) is 4.56. The van der Waals surface area contributed by atoms with E-state index in [9.17, 15) is 9.59 Å². The third-order valence-corrected chi connectivity index (χ3v) is 3.17. The minimum absolute atomic E-state index is 0.267. The Balaban J connectivity index is 2.58. The quantitative estimate of drug-likeness (QED) is 0.899. The van der Waals surface area contributed by atoms with Crippen LogP contribution in [-0.2, 0) is 0 Å². The van der Waals surface area contributed by atoms with Crippen molar-refractivity contribution < 1.29 is 14.6 Å². The van der Waals surface area contributed by atoms with Crippen LogP contribution in [0.1, 0.15) is 21.5 Å². The molecule has 0 amide bonds. The van der Waals surface area contributed by atoms with Crippen molar-refractivity contribution >= 4 is 5.97 Å². The Morgan fingerprint density at radius 3 is 2.45 bits per heavy atom. The van der Waals surface area contributed by atoms with Crippen molar-refractivity contribution in [3.8, 4) is 17.0 Å². The molecule has 5 heteroatoms. The molecule has 20 heavy (non-hydrogen) atoms. The Kier molecular flexibility index (Phi) is 3.61. The lowest BCUT2D eigenvalue weighted by Gasteiger charge is -2.11. The lowest BCUT2D eigenvalue weighted by Crippen LogP contribution is -2.17. The Morgan fingerprint density at radius 1 is 1.20 bits per heavy atom. The maximum atomic E-state index is 11.7. The van der Waals surface area contributed by atoms with Crippen LogP contribution in [0.25, 0.3) is 11.3 Å². The highest BCUT2D eigenvalue weighted by atomic mass is 16.5. The topological polar surface area (TPSA) is 79.4 Å². The predicted molar refractivity (Wildman–Crippen MR) is 75.5 cm³/mol. The van der Waals surface area contributed by atoms with Crippen molar-refractivity contribution in [1.82, 2.24) is 4.98 Å². The molecular weight excluding hydrogens is 258 g/mol. The van der Waals surface area contributed by atoms with Crippen LogP contribution in [-0.4, -0.2) is 23.2 Å². The smallest absolute Gasteiger partial charge is 0.341 e. The summed E-state index contributed by atoms with van der Waals surface area (Å²) in [4.78, 5) is 25.2. The number of rotatable bonds is 3. The first-order chi connectivity index (χ1) is 9.43. The highest BCUT2D eigenvalue weighted by Gasteiger charge is 2.12. The molecule has 0 aliphatic heterocycles. The molecule has 0 atom stereocenters. The molecule has 0 aliphatic rings. The van der Waals surface area contributed by atoms with Crippen molar-refractivity contribution in [3.63, 3.8) is 0 Å². The van der Waals surface area contributed by atoms with Gasteiger partial charge in [-0.1, -0.05) is 0 Å². The number of aromatic nitrogens is 1. The van der Waals surface area contributed by atoms with Gasteiger partial charge in [0.1, 0.15) is 11.3 Å². The maximum Gasteiger partial charge on any atom is 0.341 e. The van der Waals surface area contributed by atoms with E-state index in [1.807, 2.05) is 26.0 Å². The second kappa shape index (κ2) is 5.21. The van der Waals surface area contributed by atoms with Crippen molar-refractivity contribution in [2.24, 2.45) is 0 Å². The molecule has 0 radical (unpaired) electrons. The number of carbonyl (C=O) groups is 1. The summed E-state index contributed by atoms with van der Waals surface area (Å²) in [6.45, 7) is 3.81. The van der Waals surface area contributed by atoms with Gasteiger partial charge in [0.2, 0.25) is 0 Å². The Morgan fingerprint density at radius 2 is 1.90 bits per heavy atom. The summed E-state index contributed by atoms with van der Waals surface area (Å²) in [6.07, 6.45) is 0. The zero-order chi connectivity index (χ0) is 14.9. The molecule has 104 valence electrons. The number of aromatic amines is 1. The zero-order valence-electron chi connectivity index (χ0n) is 11.5. The average molecular weight is 273 g/mol. The van der Waals surface area contributed by atoms with Crippen molar-refractivity contribution in [2.75, 3.05) is 7.11 Å². The molecule has 0 aliphatic carbocycles. The number of H-pyrrole nitrogens is 1. The van der Waals surface area contributed by atoms with Crippen LogP contribution < -0.4 is 10.3 Å². The van der Waals surface area contributed by atoms with Crippen molar-refractivity contribution in [1.29, 1.82) is 0 Å². The SMILES string of the molecule is COc1cc(C)c(-c2ccc(C(=O)O)c(=O)[nH]2)cc1C. The maximum absolute atomic E-state index is 11.7. The number of pyridine rings is 1. The molecule has 0 bridgehead atoms. The number of ether oxygens (including phenoxy) is 1. The van der Waals surface area contributed by atoms with Gasteiger partial charge in [-0.3, -0.25) is 4.79 Å². The fraction of sp³-hybridized carbons (Fsp3) is 0.200. The van der Waals surface area contributed by atoms with Gasteiger partial charge in [-0.25, -0.2) is 4.79 Å². The minimum atomic E-state index is -1.24. The van der Waals surface area contributed by atoms with Gasteiger partial charge in [-0.15, -0.1) is 0 Å². The first kappa shape index (κ1) is 13.9. The van der Waals surface area contributed by atoms with Crippen molar-refractivity contribution in [3.05, 3.63) is 51.3 Å². The van der Waals surface area contributed by atoms with Crippen LogP contribution in [0.2, 0.25) is 0 Å². The van der Waals surface area contributed by atoms with E-state index in [-0.39, 0.29) is 5.56 Å². The number of hydrogen-bond acceptors (Lipinski definition) is 3. The summed E-state index contributed by atoms with van der Waals surface area (Å²) in [7, 11) is 1.60. The molecule has 1 aromatic heterocycles. The van der Waals surface area contributed by atoms with E-state index >= 15 is 0 Å². The summed E-state index contributed by atoms with van der Waals surface area (Å²) >= 11 is 0. The largest absolute Gasteiger partial charge is 0.496 e. The van der Waals surface area contributed by atoms with E-state index < -0.39 is 11.5 Å². The fourth-order valence-corrected chi connectivity index (χ4v) is 2.10. The lowest BCUT2D eigenvalue weighted by atomic mass is 10.0. The second-order valence-corrected chi connectivity index (χ2v) is 4.56. The number of methoxy groups -OCH3 is 1. The number of aromatic carboxylic acids is 1. The highest BCUT2D eigenvalue weighted by Crippen LogP contribution is 2.28. The summed E-state index contributed by atoms with van der Waals surface area (Å²) in [5.41, 5.74) is 2.43. The van der Waals surface area contributed by atoms with Gasteiger partial charge in [0, 0.05) is 11.3 Å². The van der Waals surface area contributed by atoms with Crippen LogP contribution in [0.4, 0.5) is 0 Å². The standard InChI is InChI=1S/C15H15NO4/c1-8-7-13(20-3)9(2)6-11(8)12-5-4-10(15(18)19)14(17)16-12/h4-7H,1-3H3,(H,16,17)(H,18,19). The van der Waals surface area contributed by atoms with E-state index in [1.165, 1.54) is 6.07 Å². The summed E-state index contributed by atoms with van der Waals surface area (Å²) in [6, 6.07) is 6.70. The monoisotopic (exact) mass is 273 g/mol. The number of aryl methyl sites for hydroxylation is 2. The predicted octanol–water partition coefficient (Wildman–Crippen LogP) is 2.37. The Labute approximate surface area is 115 Å². The molecule has 0 spiro atoms. The summed E-state index contributed by atoms with van der Waals surface area (Å²) < 4.78 is 5.24. The van der Waals surface area contributed by atoms with Crippen LogP contribution in [0, 0.1) is 13.8 Å². The summed E-state index contributed by atoms with van der Waals surface area (Å²) in [5, 5.41) is 8.86. The molecule has 2 aromatic rings. The average Bonchev–Trinajstić information content (AvgIpc) is 2.40. The number of nitrogens with one attached hydrogen (secondary N) is 1. The van der Waals surface area contributed by atoms with Crippen LogP contribution in [0.3, 0.4) is 0 Å². The molecule has 1 heterocycles. The first-order valence-electron chi connectivity index (χ1n) is 6.06. The first-order valence-corrected chi connectivity index (χ1v) is 6.06. The van der Waals surface area contributed by atoms with Crippen molar-refractivity contribution in [2.45, 2.75) is 13.8 Å². The van der Waals surface area contributed by atoms with Gasteiger partial charge >= 0.3 is 5.97 Å². The van der Waals surface area contributed by atoms with Gasteiger partial charge < -0.3 is 14.8 Å². The number of benzene rings is 1. The van der Waals surface area contributed by atoms with Gasteiger partial charge in [0.25, 0.3) is 5.56 Å². The van der Waals surface area contributed by atoms with E-state index in [0.717, 1.165) is 22.4 Å². The van der Waals surface area contributed by atoms with Gasteiger partial charge in [-0.05, 0) is 49.2 Å². The van der Waals surface area contributed by atoms with Crippen LogP contribution in [0.5, 0.6) is 5.75 Å². The molecule has 2 N–H and O–H groups in total. The molecule has 0 fully saturated rings. The van der Waals surface area contributed by atoms with Crippen LogP contribution in [0.15, 0.2) is 29.1 Å². The number of hydrogen-bond donors (Lipinski definition) is 2. The van der Waals surface area contributed by atoms with E-state index in [2.05, 4.69) is 4.98 Å². The third-order valence-electron chi connectivity index (χ3n) is 3.17. The Hall–Kier alpha value is -2.56. The van der Waals surface area contributed by atoms with E-state index in [4.69, 9.17) is 9.84 Å². The van der Waals surface area contributed by atoms with E-state index in [0.29, 0.717) is 5.69 Å². The van der Waals surface area contributed by atoms with Gasteiger partial charge in [-0.2, -0.15) is 0 Å². The minimum Gasteiger partial charge on any atom is -0.496 e.